The van der Waals surface area contributed by atoms with Crippen molar-refractivity contribution in [3.8, 4) is 5.75 Å². The highest BCUT2D eigenvalue weighted by Gasteiger charge is 2.27. The van der Waals surface area contributed by atoms with Gasteiger partial charge in [-0.05, 0) is 49.3 Å². The highest BCUT2D eigenvalue weighted by atomic mass is 32.2. The van der Waals surface area contributed by atoms with Crippen molar-refractivity contribution in [3.63, 3.8) is 0 Å². The molecule has 0 bridgehead atoms. The predicted molar refractivity (Wildman–Crippen MR) is 99.7 cm³/mol. The number of piperidine rings is 1. The Kier molecular flexibility index (Phi) is 6.24. The van der Waals surface area contributed by atoms with E-state index in [-0.39, 0.29) is 18.4 Å². The van der Waals surface area contributed by atoms with Gasteiger partial charge in [0.15, 0.2) is 0 Å². The van der Waals surface area contributed by atoms with Crippen LogP contribution in [0.15, 0.2) is 24.3 Å². The lowest BCUT2D eigenvalue weighted by Crippen LogP contribution is -2.44. The SMILES string of the molecule is COc1ccc(CCC2CCN(C(=O)CN3CSCC3=O)CC2)cc1. The van der Waals surface area contributed by atoms with Gasteiger partial charge in [-0.2, -0.15) is 0 Å². The first-order valence-electron chi connectivity index (χ1n) is 8.92. The molecular formula is C19H26N2O3S. The zero-order chi connectivity index (χ0) is 17.6. The summed E-state index contributed by atoms with van der Waals surface area (Å²) in [6.07, 6.45) is 4.35. The Balaban J connectivity index is 1.39. The zero-order valence-electron chi connectivity index (χ0n) is 14.8. The predicted octanol–water partition coefficient (Wildman–Crippen LogP) is 2.40. The van der Waals surface area contributed by atoms with Gasteiger partial charge in [-0.25, -0.2) is 0 Å². The van der Waals surface area contributed by atoms with Gasteiger partial charge >= 0.3 is 0 Å². The third-order valence-electron chi connectivity index (χ3n) is 5.12. The van der Waals surface area contributed by atoms with Crippen LogP contribution < -0.4 is 4.74 Å². The minimum absolute atomic E-state index is 0.0905. The lowest BCUT2D eigenvalue weighted by molar-refractivity contribution is -0.138. The Morgan fingerprint density at radius 2 is 1.96 bits per heavy atom. The van der Waals surface area contributed by atoms with Gasteiger partial charge in [0.1, 0.15) is 12.3 Å². The van der Waals surface area contributed by atoms with Crippen molar-refractivity contribution in [3.05, 3.63) is 29.8 Å². The maximum atomic E-state index is 12.4. The number of hydrogen-bond donors (Lipinski definition) is 0. The lowest BCUT2D eigenvalue weighted by Gasteiger charge is -2.33. The van der Waals surface area contributed by atoms with E-state index in [1.165, 1.54) is 5.56 Å². The van der Waals surface area contributed by atoms with Crippen LogP contribution in [0.2, 0.25) is 0 Å². The van der Waals surface area contributed by atoms with Gasteiger partial charge in [-0.1, -0.05) is 12.1 Å². The molecule has 1 aromatic carbocycles. The standard InChI is InChI=1S/C19H26N2O3S/c1-24-17-6-4-15(5-7-17)2-3-16-8-10-20(11-9-16)18(22)12-21-14-25-13-19(21)23/h4-7,16H,2-3,8-14H2,1H3. The smallest absolute Gasteiger partial charge is 0.242 e. The first kappa shape index (κ1) is 18.1. The molecule has 6 heteroatoms. The minimum Gasteiger partial charge on any atom is -0.497 e. The number of ether oxygens (including phenoxy) is 1. The molecule has 136 valence electrons. The number of rotatable bonds is 6. The molecule has 2 aliphatic heterocycles. The molecule has 2 fully saturated rings. The largest absolute Gasteiger partial charge is 0.497 e. The quantitative estimate of drug-likeness (QED) is 0.780. The third kappa shape index (κ3) is 4.91. The summed E-state index contributed by atoms with van der Waals surface area (Å²) in [5.74, 6) is 2.93. The Bertz CT molecular complexity index is 597. The molecule has 0 N–H and O–H groups in total. The first-order chi connectivity index (χ1) is 12.2. The van der Waals surface area contributed by atoms with E-state index in [2.05, 4.69) is 12.1 Å². The van der Waals surface area contributed by atoms with Crippen LogP contribution in [0.1, 0.15) is 24.8 Å². The van der Waals surface area contributed by atoms with Crippen molar-refractivity contribution in [1.29, 1.82) is 0 Å². The van der Waals surface area contributed by atoms with E-state index in [4.69, 9.17) is 4.74 Å². The van der Waals surface area contributed by atoms with E-state index in [0.29, 0.717) is 17.5 Å². The number of methoxy groups -OCH3 is 1. The third-order valence-corrected chi connectivity index (χ3v) is 6.06. The molecule has 5 nitrogen and oxygen atoms in total. The molecule has 0 saturated carbocycles. The Morgan fingerprint density at radius 3 is 2.56 bits per heavy atom. The van der Waals surface area contributed by atoms with Crippen LogP contribution >= 0.6 is 11.8 Å². The van der Waals surface area contributed by atoms with Crippen molar-refractivity contribution < 1.29 is 14.3 Å². The van der Waals surface area contributed by atoms with Crippen LogP contribution in [-0.2, 0) is 16.0 Å². The molecule has 0 radical (unpaired) electrons. The zero-order valence-corrected chi connectivity index (χ0v) is 15.6. The molecule has 1 aromatic rings. The van der Waals surface area contributed by atoms with Gasteiger partial charge < -0.3 is 14.5 Å². The summed E-state index contributed by atoms with van der Waals surface area (Å²) in [5, 5.41) is 0. The van der Waals surface area contributed by atoms with E-state index < -0.39 is 0 Å². The van der Waals surface area contributed by atoms with Crippen LogP contribution in [0, 0.1) is 5.92 Å². The number of nitrogens with zero attached hydrogens (tertiary/aromatic N) is 2. The van der Waals surface area contributed by atoms with Gasteiger partial charge in [-0.15, -0.1) is 11.8 Å². The minimum atomic E-state index is 0.0905. The maximum absolute atomic E-state index is 12.4. The molecule has 2 heterocycles. The van der Waals surface area contributed by atoms with Crippen LogP contribution in [0.25, 0.3) is 0 Å². The summed E-state index contributed by atoms with van der Waals surface area (Å²) in [6, 6.07) is 8.27. The van der Waals surface area contributed by atoms with E-state index in [1.807, 2.05) is 17.0 Å². The van der Waals surface area contributed by atoms with Crippen molar-refractivity contribution in [2.45, 2.75) is 25.7 Å². The molecule has 2 saturated heterocycles. The monoisotopic (exact) mass is 362 g/mol. The average Bonchev–Trinajstić information content (AvgIpc) is 3.05. The molecule has 0 spiro atoms. The highest BCUT2D eigenvalue weighted by molar-refractivity contribution is 8.00. The lowest BCUT2D eigenvalue weighted by atomic mass is 9.90. The number of carbonyl (C=O) groups is 2. The number of benzene rings is 1. The van der Waals surface area contributed by atoms with Crippen LogP contribution in [0.4, 0.5) is 0 Å². The van der Waals surface area contributed by atoms with Crippen LogP contribution in [0.5, 0.6) is 5.75 Å². The van der Waals surface area contributed by atoms with Gasteiger partial charge in [0.25, 0.3) is 0 Å². The normalized spacial score (nSPS) is 18.7. The summed E-state index contributed by atoms with van der Waals surface area (Å²) < 4.78 is 5.19. The number of likely N-dealkylation sites (tertiary alicyclic amines) is 1. The Hall–Kier alpha value is -1.69. The molecule has 25 heavy (non-hydrogen) atoms. The second kappa shape index (κ2) is 8.61. The summed E-state index contributed by atoms with van der Waals surface area (Å²) in [6.45, 7) is 1.89. The molecule has 2 amide bonds. The fraction of sp³-hybridized carbons (Fsp3) is 0.579. The van der Waals surface area contributed by atoms with Gasteiger partial charge in [-0.3, -0.25) is 9.59 Å². The number of amides is 2. The summed E-state index contributed by atoms with van der Waals surface area (Å²) >= 11 is 1.58. The highest BCUT2D eigenvalue weighted by Crippen LogP contribution is 2.24. The average molecular weight is 362 g/mol. The van der Waals surface area contributed by atoms with Crippen LogP contribution in [0.3, 0.4) is 0 Å². The number of carbonyl (C=O) groups excluding carboxylic acids is 2. The number of thioether (sulfide) groups is 1. The fourth-order valence-corrected chi connectivity index (χ4v) is 4.34. The van der Waals surface area contributed by atoms with E-state index in [9.17, 15) is 9.59 Å². The number of aryl methyl sites for hydroxylation is 1. The van der Waals surface area contributed by atoms with Crippen LogP contribution in [-0.4, -0.2) is 60.0 Å². The maximum Gasteiger partial charge on any atom is 0.242 e. The second-order valence-corrected chi connectivity index (χ2v) is 7.74. The summed E-state index contributed by atoms with van der Waals surface area (Å²) in [4.78, 5) is 27.6. The molecule has 0 unspecified atom stereocenters. The van der Waals surface area contributed by atoms with E-state index in [1.54, 1.807) is 23.8 Å². The Labute approximate surface area is 153 Å². The number of hydrogen-bond acceptors (Lipinski definition) is 4. The topological polar surface area (TPSA) is 49.9 Å². The first-order valence-corrected chi connectivity index (χ1v) is 10.1. The van der Waals surface area contributed by atoms with Gasteiger partial charge in [0.2, 0.25) is 11.8 Å². The Morgan fingerprint density at radius 1 is 1.24 bits per heavy atom. The second-order valence-electron chi connectivity index (χ2n) is 6.78. The molecular weight excluding hydrogens is 336 g/mol. The van der Waals surface area contributed by atoms with Crippen molar-refractivity contribution in [2.24, 2.45) is 5.92 Å². The van der Waals surface area contributed by atoms with Crippen molar-refractivity contribution in [1.82, 2.24) is 9.80 Å². The van der Waals surface area contributed by atoms with E-state index in [0.717, 1.165) is 44.5 Å². The molecule has 0 atom stereocenters. The molecule has 2 aliphatic rings. The van der Waals surface area contributed by atoms with Gasteiger partial charge in [0.05, 0.1) is 18.7 Å². The van der Waals surface area contributed by atoms with Crippen molar-refractivity contribution in [2.75, 3.05) is 38.4 Å². The fourth-order valence-electron chi connectivity index (χ4n) is 3.44. The molecule has 0 aliphatic carbocycles. The molecule has 0 aromatic heterocycles. The van der Waals surface area contributed by atoms with Crippen molar-refractivity contribution >= 4 is 23.6 Å². The summed E-state index contributed by atoms with van der Waals surface area (Å²) in [7, 11) is 1.68. The van der Waals surface area contributed by atoms with E-state index >= 15 is 0 Å². The van der Waals surface area contributed by atoms with Gasteiger partial charge in [0, 0.05) is 13.1 Å². The molecule has 3 rings (SSSR count). The summed E-state index contributed by atoms with van der Waals surface area (Å²) in [5.41, 5.74) is 1.34.